The van der Waals surface area contributed by atoms with Crippen molar-refractivity contribution < 1.29 is 4.48 Å². The summed E-state index contributed by atoms with van der Waals surface area (Å²) in [4.78, 5) is 0. The Morgan fingerprint density at radius 1 is 1.27 bits per heavy atom. The first kappa shape index (κ1) is 11.0. The largest absolute Gasteiger partial charge is 0.322 e. The average Bonchev–Trinajstić information content (AvgIpc) is 1.86. The fourth-order valence-electron chi connectivity index (χ4n) is 1.38. The molecule has 1 unspecified atom stereocenters. The highest BCUT2D eigenvalue weighted by Crippen LogP contribution is 2.21. The van der Waals surface area contributed by atoms with E-state index in [1.807, 2.05) is 0 Å². The van der Waals surface area contributed by atoms with Crippen molar-refractivity contribution in [2.45, 2.75) is 39.7 Å². The lowest BCUT2D eigenvalue weighted by molar-refractivity contribution is -0.947. The van der Waals surface area contributed by atoms with E-state index in [4.69, 9.17) is 0 Å². The summed E-state index contributed by atoms with van der Waals surface area (Å²) in [5, 5.41) is 0. The van der Waals surface area contributed by atoms with Gasteiger partial charge in [0.25, 0.3) is 0 Å². The lowest BCUT2D eigenvalue weighted by Crippen LogP contribution is -2.57. The van der Waals surface area contributed by atoms with Crippen molar-refractivity contribution in [1.82, 2.24) is 0 Å². The molecule has 0 saturated carbocycles. The van der Waals surface area contributed by atoms with Gasteiger partial charge in [0.15, 0.2) is 0 Å². The van der Waals surface area contributed by atoms with E-state index in [0.29, 0.717) is 0 Å². The molecule has 67 valence electrons. The molecule has 0 saturated heterocycles. The standard InChI is InChI=1S/C10H23N/c1-7-9-11(6,8-2)10(3,4)5/h3,7-9H2,1-2,4-6H3/q+1. The van der Waals surface area contributed by atoms with Crippen LogP contribution in [0.2, 0.25) is 0 Å². The highest BCUT2D eigenvalue weighted by Gasteiger charge is 2.33. The van der Waals surface area contributed by atoms with Gasteiger partial charge in [0, 0.05) is 6.92 Å². The van der Waals surface area contributed by atoms with Crippen molar-refractivity contribution in [3.8, 4) is 0 Å². The maximum Gasteiger partial charge on any atom is 0.0935 e. The fraction of sp³-hybridized carbons (Fsp3) is 0.900. The lowest BCUT2D eigenvalue weighted by Gasteiger charge is -2.45. The Hall–Kier alpha value is -0.0400. The minimum absolute atomic E-state index is 0.144. The maximum absolute atomic E-state index is 4.20. The van der Waals surface area contributed by atoms with Crippen LogP contribution in [0.25, 0.3) is 0 Å². The van der Waals surface area contributed by atoms with Crippen LogP contribution < -0.4 is 0 Å². The van der Waals surface area contributed by atoms with Gasteiger partial charge in [-0.2, -0.15) is 0 Å². The van der Waals surface area contributed by atoms with E-state index in [9.17, 15) is 0 Å². The summed E-state index contributed by atoms with van der Waals surface area (Å²) in [6.45, 7) is 15.5. The average molecular weight is 157 g/mol. The van der Waals surface area contributed by atoms with Gasteiger partial charge < -0.3 is 4.48 Å². The summed E-state index contributed by atoms with van der Waals surface area (Å²) in [7, 11) is 2.29. The van der Waals surface area contributed by atoms with Crippen LogP contribution in [0, 0.1) is 6.92 Å². The zero-order chi connectivity index (χ0) is 9.12. The molecule has 0 aromatic carbocycles. The van der Waals surface area contributed by atoms with E-state index in [1.165, 1.54) is 19.5 Å². The number of quaternary nitrogens is 1. The molecule has 0 fully saturated rings. The van der Waals surface area contributed by atoms with Crippen molar-refractivity contribution in [2.75, 3.05) is 20.1 Å². The Kier molecular flexibility index (Phi) is 3.56. The minimum atomic E-state index is 0.144. The molecule has 0 heterocycles. The first-order valence-electron chi connectivity index (χ1n) is 4.57. The molecule has 1 heteroatoms. The monoisotopic (exact) mass is 157 g/mol. The number of nitrogens with zero attached hydrogens (tertiary/aromatic N) is 1. The Bertz CT molecular complexity index is 113. The molecular formula is C10H23N+. The zero-order valence-corrected chi connectivity index (χ0v) is 8.78. The minimum Gasteiger partial charge on any atom is -0.322 e. The highest BCUT2D eigenvalue weighted by atomic mass is 15.4. The SMILES string of the molecule is [CH2]C(C)(C)[N+](C)(CC)CCC. The van der Waals surface area contributed by atoms with Crippen LogP contribution in [0.3, 0.4) is 0 Å². The molecule has 11 heavy (non-hydrogen) atoms. The summed E-state index contributed by atoms with van der Waals surface area (Å²) in [6, 6.07) is 0. The van der Waals surface area contributed by atoms with Gasteiger partial charge in [-0.25, -0.2) is 0 Å². The molecule has 1 atom stereocenters. The Balaban J connectivity index is 4.33. The molecule has 0 rings (SSSR count). The third-order valence-electron chi connectivity index (χ3n) is 2.88. The highest BCUT2D eigenvalue weighted by molar-refractivity contribution is 4.71. The van der Waals surface area contributed by atoms with Crippen LogP contribution >= 0.6 is 0 Å². The van der Waals surface area contributed by atoms with Crippen molar-refractivity contribution in [3.63, 3.8) is 0 Å². The molecule has 0 aliphatic carbocycles. The quantitative estimate of drug-likeness (QED) is 0.550. The molecular weight excluding hydrogens is 134 g/mol. The summed E-state index contributed by atoms with van der Waals surface area (Å²) < 4.78 is 1.07. The molecule has 1 radical (unpaired) electrons. The number of hydrogen-bond donors (Lipinski definition) is 0. The molecule has 0 aliphatic heterocycles. The van der Waals surface area contributed by atoms with Gasteiger partial charge in [0.05, 0.1) is 25.7 Å². The third kappa shape index (κ3) is 2.48. The molecule has 0 aromatic rings. The van der Waals surface area contributed by atoms with E-state index in [1.54, 1.807) is 0 Å². The third-order valence-corrected chi connectivity index (χ3v) is 2.88. The van der Waals surface area contributed by atoms with Crippen LogP contribution in [0.5, 0.6) is 0 Å². The van der Waals surface area contributed by atoms with Crippen LogP contribution in [-0.4, -0.2) is 30.2 Å². The van der Waals surface area contributed by atoms with Crippen LogP contribution in [0.1, 0.15) is 34.1 Å². The summed E-state index contributed by atoms with van der Waals surface area (Å²) in [5.74, 6) is 0. The van der Waals surface area contributed by atoms with Crippen molar-refractivity contribution in [3.05, 3.63) is 6.92 Å². The molecule has 0 N–H and O–H groups in total. The van der Waals surface area contributed by atoms with E-state index < -0.39 is 0 Å². The Morgan fingerprint density at radius 2 is 1.73 bits per heavy atom. The molecule has 0 spiro atoms. The second-order valence-corrected chi connectivity index (χ2v) is 4.25. The summed E-state index contributed by atoms with van der Waals surface area (Å²) in [5.41, 5.74) is 0.144. The maximum atomic E-state index is 4.20. The van der Waals surface area contributed by atoms with Crippen LogP contribution in [0.4, 0.5) is 0 Å². The van der Waals surface area contributed by atoms with Gasteiger partial charge in [-0.3, -0.25) is 0 Å². The van der Waals surface area contributed by atoms with Gasteiger partial charge in [0.2, 0.25) is 0 Å². The summed E-state index contributed by atoms with van der Waals surface area (Å²) in [6.07, 6.45) is 1.24. The lowest BCUT2D eigenvalue weighted by atomic mass is 10.0. The smallest absolute Gasteiger partial charge is 0.0935 e. The van der Waals surface area contributed by atoms with Crippen LogP contribution in [0.15, 0.2) is 0 Å². The van der Waals surface area contributed by atoms with E-state index in [0.717, 1.165) is 4.48 Å². The van der Waals surface area contributed by atoms with Gasteiger partial charge >= 0.3 is 0 Å². The molecule has 0 aliphatic rings. The molecule has 0 bridgehead atoms. The topological polar surface area (TPSA) is 0 Å². The van der Waals surface area contributed by atoms with Gasteiger partial charge in [-0.1, -0.05) is 6.92 Å². The number of rotatable bonds is 4. The number of hydrogen-bond acceptors (Lipinski definition) is 0. The summed E-state index contributed by atoms with van der Waals surface area (Å²) >= 11 is 0. The van der Waals surface area contributed by atoms with Gasteiger partial charge in [-0.15, -0.1) is 0 Å². The van der Waals surface area contributed by atoms with Crippen molar-refractivity contribution in [2.24, 2.45) is 0 Å². The predicted molar refractivity (Wildman–Crippen MR) is 51.3 cm³/mol. The van der Waals surface area contributed by atoms with E-state index in [2.05, 4.69) is 41.7 Å². The van der Waals surface area contributed by atoms with Gasteiger partial charge in [-0.05, 0) is 27.2 Å². The van der Waals surface area contributed by atoms with E-state index >= 15 is 0 Å². The Labute approximate surface area is 72.0 Å². The van der Waals surface area contributed by atoms with Crippen molar-refractivity contribution in [1.29, 1.82) is 0 Å². The van der Waals surface area contributed by atoms with Gasteiger partial charge in [0.1, 0.15) is 0 Å². The molecule has 0 aromatic heterocycles. The Morgan fingerprint density at radius 3 is 1.82 bits per heavy atom. The first-order valence-corrected chi connectivity index (χ1v) is 4.57. The van der Waals surface area contributed by atoms with Crippen LogP contribution in [-0.2, 0) is 0 Å². The molecule has 0 amide bonds. The normalized spacial score (nSPS) is 18.0. The first-order chi connectivity index (χ1) is 4.87. The predicted octanol–water partition coefficient (Wildman–Crippen LogP) is 2.48. The van der Waals surface area contributed by atoms with E-state index in [-0.39, 0.29) is 5.54 Å². The fourth-order valence-corrected chi connectivity index (χ4v) is 1.38. The second kappa shape index (κ2) is 3.57. The molecule has 1 nitrogen and oxygen atoms in total. The van der Waals surface area contributed by atoms with Crippen molar-refractivity contribution >= 4 is 0 Å². The second-order valence-electron chi connectivity index (χ2n) is 4.25. The zero-order valence-electron chi connectivity index (χ0n) is 8.78.